The Bertz CT molecular complexity index is 1040. The van der Waals surface area contributed by atoms with Crippen LogP contribution < -0.4 is 0 Å². The Morgan fingerprint density at radius 3 is 2.38 bits per heavy atom. The summed E-state index contributed by atoms with van der Waals surface area (Å²) in [5, 5.41) is 0. The lowest BCUT2D eigenvalue weighted by Gasteiger charge is -2.38. The Labute approximate surface area is 197 Å². The number of imidazole rings is 1. The normalized spacial score (nSPS) is 30.0. The molecule has 6 rings (SSSR count). The van der Waals surface area contributed by atoms with Crippen LogP contribution in [0.3, 0.4) is 0 Å². The zero-order chi connectivity index (χ0) is 23.6. The number of piperazine rings is 1. The van der Waals surface area contributed by atoms with Crippen LogP contribution in [-0.4, -0.2) is 69.8 Å². The molecule has 0 bridgehead atoms. The highest BCUT2D eigenvalue weighted by atomic mass is 19.4. The summed E-state index contributed by atoms with van der Waals surface area (Å²) in [6, 6.07) is 2.21. The van der Waals surface area contributed by atoms with Crippen molar-refractivity contribution in [1.29, 1.82) is 0 Å². The van der Waals surface area contributed by atoms with Crippen LogP contribution in [0.25, 0.3) is 11.3 Å². The predicted molar refractivity (Wildman–Crippen MR) is 120 cm³/mol. The van der Waals surface area contributed by atoms with Gasteiger partial charge in [0.05, 0.1) is 11.3 Å². The first-order chi connectivity index (χ1) is 16.3. The van der Waals surface area contributed by atoms with Crippen molar-refractivity contribution in [3.63, 3.8) is 0 Å². The number of aryl methyl sites for hydroxylation is 1. The molecule has 0 amide bonds. The highest BCUT2D eigenvalue weighted by molar-refractivity contribution is 5.59. The topological polar surface area (TPSA) is 37.2 Å². The maximum Gasteiger partial charge on any atom is 0.418 e. The molecule has 9 heteroatoms. The molecule has 3 heterocycles. The van der Waals surface area contributed by atoms with Gasteiger partial charge in [0, 0.05) is 74.4 Å². The van der Waals surface area contributed by atoms with Crippen molar-refractivity contribution >= 4 is 0 Å². The van der Waals surface area contributed by atoms with Gasteiger partial charge >= 0.3 is 6.18 Å². The van der Waals surface area contributed by atoms with Gasteiger partial charge in [-0.1, -0.05) is 0 Å². The van der Waals surface area contributed by atoms with Crippen molar-refractivity contribution in [1.82, 2.24) is 24.3 Å². The Morgan fingerprint density at radius 2 is 1.76 bits per heavy atom. The van der Waals surface area contributed by atoms with Crippen LogP contribution in [0, 0.1) is 18.8 Å². The van der Waals surface area contributed by atoms with Gasteiger partial charge in [-0.2, -0.15) is 13.2 Å². The van der Waals surface area contributed by atoms with E-state index >= 15 is 0 Å². The number of pyridine rings is 1. The van der Waals surface area contributed by atoms with Gasteiger partial charge in [-0.15, -0.1) is 0 Å². The molecule has 3 aliphatic carbocycles. The standard InChI is InChI=1S/C25H31F4N5/c1-15-21(25(27,28)29)10-17(13-30-15)22-14-34(24(31-22)16-2-3-16)23-19-11-18(12-20(19)23)33-8-6-32(5-4-26)7-9-33/h10,13-14,16,18-20,23H,2-9,11-12H2,1H3/t18?,19-,20+,23?. The number of alkyl halides is 4. The summed E-state index contributed by atoms with van der Waals surface area (Å²) in [6.45, 7) is 5.57. The minimum absolute atomic E-state index is 0.00797. The molecule has 2 unspecified atom stereocenters. The molecule has 5 nitrogen and oxygen atoms in total. The molecule has 1 aliphatic heterocycles. The molecule has 1 saturated heterocycles. The summed E-state index contributed by atoms with van der Waals surface area (Å²) in [6.07, 6.45) is 3.61. The van der Waals surface area contributed by atoms with E-state index in [0.717, 1.165) is 44.8 Å². The number of aromatic nitrogens is 3. The quantitative estimate of drug-likeness (QED) is 0.566. The van der Waals surface area contributed by atoms with Gasteiger partial charge in [0.25, 0.3) is 0 Å². The number of rotatable bonds is 6. The van der Waals surface area contributed by atoms with E-state index in [0.29, 0.717) is 47.6 Å². The molecule has 2 aromatic rings. The van der Waals surface area contributed by atoms with Gasteiger partial charge < -0.3 is 4.57 Å². The van der Waals surface area contributed by atoms with Crippen LogP contribution in [0.15, 0.2) is 18.5 Å². The van der Waals surface area contributed by atoms with Crippen molar-refractivity contribution in [2.24, 2.45) is 11.8 Å². The van der Waals surface area contributed by atoms with E-state index in [1.165, 1.54) is 32.0 Å². The van der Waals surface area contributed by atoms with Crippen molar-refractivity contribution in [2.75, 3.05) is 39.4 Å². The fourth-order valence-electron chi connectivity index (χ4n) is 6.35. The number of hydrogen-bond acceptors (Lipinski definition) is 4. The second-order valence-electron chi connectivity index (χ2n) is 10.5. The molecule has 4 atom stereocenters. The number of nitrogens with zero attached hydrogens (tertiary/aromatic N) is 5. The second-order valence-corrected chi connectivity index (χ2v) is 10.5. The molecule has 2 aromatic heterocycles. The van der Waals surface area contributed by atoms with Crippen LogP contribution in [0.2, 0.25) is 0 Å². The maximum absolute atomic E-state index is 13.4. The summed E-state index contributed by atoms with van der Waals surface area (Å²) < 4.78 is 55.2. The molecule has 0 aromatic carbocycles. The van der Waals surface area contributed by atoms with Crippen molar-refractivity contribution in [2.45, 2.75) is 56.8 Å². The van der Waals surface area contributed by atoms with Crippen LogP contribution in [-0.2, 0) is 6.18 Å². The minimum atomic E-state index is -4.42. The fraction of sp³-hybridized carbons (Fsp3) is 0.680. The first kappa shape index (κ1) is 22.5. The molecule has 4 aliphatic rings. The molecule has 0 spiro atoms. The van der Waals surface area contributed by atoms with Gasteiger partial charge in [-0.05, 0) is 50.5 Å². The lowest BCUT2D eigenvalue weighted by atomic mass is 10.1. The van der Waals surface area contributed by atoms with Crippen molar-refractivity contribution in [3.8, 4) is 11.3 Å². The molecule has 0 N–H and O–H groups in total. The maximum atomic E-state index is 13.4. The van der Waals surface area contributed by atoms with Crippen LogP contribution in [0.4, 0.5) is 17.6 Å². The van der Waals surface area contributed by atoms with Crippen LogP contribution in [0.1, 0.15) is 54.7 Å². The number of hydrogen-bond donors (Lipinski definition) is 0. The summed E-state index contributed by atoms with van der Waals surface area (Å²) in [5.41, 5.74) is 0.343. The lowest BCUT2D eigenvalue weighted by Crippen LogP contribution is -2.50. The van der Waals surface area contributed by atoms with E-state index in [1.54, 1.807) is 0 Å². The Hall–Kier alpha value is -2.00. The Kier molecular flexibility index (Phi) is 5.48. The highest BCUT2D eigenvalue weighted by Gasteiger charge is 2.59. The van der Waals surface area contributed by atoms with Crippen LogP contribution >= 0.6 is 0 Å². The van der Waals surface area contributed by atoms with Crippen molar-refractivity contribution in [3.05, 3.63) is 35.5 Å². The first-order valence-corrected chi connectivity index (χ1v) is 12.5. The van der Waals surface area contributed by atoms with Crippen molar-refractivity contribution < 1.29 is 17.6 Å². The second kappa shape index (κ2) is 8.29. The number of halogens is 4. The summed E-state index contributed by atoms with van der Waals surface area (Å²) >= 11 is 0. The third kappa shape index (κ3) is 4.04. The van der Waals surface area contributed by atoms with Gasteiger partial charge in [-0.25, -0.2) is 9.37 Å². The van der Waals surface area contributed by atoms with Gasteiger partial charge in [0.2, 0.25) is 0 Å². The summed E-state index contributed by atoms with van der Waals surface area (Å²) in [5.74, 6) is 2.71. The Morgan fingerprint density at radius 1 is 1.06 bits per heavy atom. The third-order valence-electron chi connectivity index (χ3n) is 8.41. The molecule has 34 heavy (non-hydrogen) atoms. The summed E-state index contributed by atoms with van der Waals surface area (Å²) in [7, 11) is 0. The average molecular weight is 478 g/mol. The molecular weight excluding hydrogens is 446 g/mol. The van der Waals surface area contributed by atoms with Gasteiger partial charge in [-0.3, -0.25) is 14.8 Å². The first-order valence-electron chi connectivity index (χ1n) is 12.5. The number of fused-ring (bicyclic) bond motifs is 1. The third-order valence-corrected chi connectivity index (χ3v) is 8.41. The monoisotopic (exact) mass is 477 g/mol. The van der Waals surface area contributed by atoms with E-state index < -0.39 is 11.7 Å². The van der Waals surface area contributed by atoms with Gasteiger partial charge in [0.1, 0.15) is 12.5 Å². The zero-order valence-electron chi connectivity index (χ0n) is 19.4. The van der Waals surface area contributed by atoms with E-state index in [9.17, 15) is 17.6 Å². The minimum Gasteiger partial charge on any atom is -0.330 e. The molecule has 0 radical (unpaired) electrons. The predicted octanol–water partition coefficient (Wildman–Crippen LogP) is 4.69. The van der Waals surface area contributed by atoms with Gasteiger partial charge in [0.15, 0.2) is 0 Å². The SMILES string of the molecule is Cc1ncc(-c2cn(C3[C@H]4CC(N5CCN(CCF)CC5)C[C@@H]34)c(C3CC3)n2)cc1C(F)(F)F. The van der Waals surface area contributed by atoms with E-state index in [4.69, 9.17) is 4.98 Å². The summed E-state index contributed by atoms with van der Waals surface area (Å²) in [4.78, 5) is 13.6. The smallest absolute Gasteiger partial charge is 0.330 e. The molecule has 4 fully saturated rings. The fourth-order valence-corrected chi connectivity index (χ4v) is 6.35. The van der Waals surface area contributed by atoms with E-state index in [1.807, 2.05) is 6.20 Å². The Balaban J connectivity index is 1.17. The lowest BCUT2D eigenvalue weighted by molar-refractivity contribution is -0.138. The average Bonchev–Trinajstić information content (AvgIpc) is 3.68. The zero-order valence-corrected chi connectivity index (χ0v) is 19.4. The molecular formula is C25H31F4N5. The van der Waals surface area contributed by atoms with Crippen LogP contribution in [0.5, 0.6) is 0 Å². The largest absolute Gasteiger partial charge is 0.418 e. The molecule has 3 saturated carbocycles. The molecule has 184 valence electrons. The van der Waals surface area contributed by atoms with E-state index in [2.05, 4.69) is 19.4 Å². The van der Waals surface area contributed by atoms with E-state index in [-0.39, 0.29) is 12.4 Å². The highest BCUT2D eigenvalue weighted by Crippen LogP contribution is 2.62.